The lowest BCUT2D eigenvalue weighted by Gasteiger charge is -2.24. The standard InChI is InChI=1S/C37H27N3O4/c1-42-26-11-7-22(8-12-26)29-19-30(23-9-13-27(43-2)14-10-23)37-36-28(29)15-16-35(41)40(36)20-33-34(21-44-37)39-32-18-25-6-4-3-5-24(25)17-31(32)38-33/h3-19H,20-21H2,1-2H3. The molecule has 0 N–H and O–H groups in total. The molecule has 7 nitrogen and oxygen atoms in total. The summed E-state index contributed by atoms with van der Waals surface area (Å²) in [5.74, 6) is 2.16. The van der Waals surface area contributed by atoms with Gasteiger partial charge in [0.15, 0.2) is 5.75 Å². The topological polar surface area (TPSA) is 75.5 Å². The molecule has 0 aliphatic carbocycles. The number of rotatable bonds is 4. The Balaban J connectivity index is 1.40. The summed E-state index contributed by atoms with van der Waals surface area (Å²) in [6.45, 7) is 0.486. The summed E-state index contributed by atoms with van der Waals surface area (Å²) in [4.78, 5) is 23.7. The molecule has 1 aliphatic heterocycles. The summed E-state index contributed by atoms with van der Waals surface area (Å²) >= 11 is 0. The molecule has 7 aromatic rings. The quantitative estimate of drug-likeness (QED) is 0.203. The molecular formula is C37H27N3O4. The van der Waals surface area contributed by atoms with Crippen LogP contribution in [0.3, 0.4) is 0 Å². The minimum atomic E-state index is -0.136. The first-order valence-corrected chi connectivity index (χ1v) is 14.4. The number of aromatic nitrogens is 3. The number of nitrogens with zero attached hydrogens (tertiary/aromatic N) is 3. The second kappa shape index (κ2) is 10.2. The number of pyridine rings is 1. The molecule has 8 rings (SSSR count). The molecule has 0 saturated carbocycles. The highest BCUT2D eigenvalue weighted by Gasteiger charge is 2.24. The normalized spacial score (nSPS) is 12.4. The van der Waals surface area contributed by atoms with E-state index in [1.807, 2.05) is 66.7 Å². The predicted molar refractivity (Wildman–Crippen MR) is 173 cm³/mol. The van der Waals surface area contributed by atoms with Gasteiger partial charge in [-0.25, -0.2) is 9.97 Å². The lowest BCUT2D eigenvalue weighted by atomic mass is 9.93. The van der Waals surface area contributed by atoms with Crippen LogP contribution in [0.15, 0.2) is 108 Å². The first-order valence-electron chi connectivity index (χ1n) is 14.4. The van der Waals surface area contributed by atoms with Crippen LogP contribution >= 0.6 is 0 Å². The summed E-state index contributed by atoms with van der Waals surface area (Å²) < 4.78 is 19.3. The number of fused-ring (bicyclic) bond motifs is 3. The molecule has 0 fully saturated rings. The average molecular weight is 578 g/mol. The van der Waals surface area contributed by atoms with Gasteiger partial charge < -0.3 is 14.2 Å². The molecular weight excluding hydrogens is 550 g/mol. The molecule has 2 aromatic heterocycles. The van der Waals surface area contributed by atoms with E-state index in [1.54, 1.807) is 24.9 Å². The summed E-state index contributed by atoms with van der Waals surface area (Å²) in [5, 5.41) is 3.10. The van der Waals surface area contributed by atoms with Gasteiger partial charge >= 0.3 is 0 Å². The molecule has 44 heavy (non-hydrogen) atoms. The van der Waals surface area contributed by atoms with Gasteiger partial charge in [-0.05, 0) is 76.0 Å². The van der Waals surface area contributed by atoms with Crippen LogP contribution < -0.4 is 19.8 Å². The van der Waals surface area contributed by atoms with Crippen LogP contribution in [0.4, 0.5) is 0 Å². The van der Waals surface area contributed by atoms with Crippen molar-refractivity contribution in [3.05, 3.63) is 125 Å². The zero-order valence-corrected chi connectivity index (χ0v) is 24.2. The third-order valence-corrected chi connectivity index (χ3v) is 8.37. The maximum absolute atomic E-state index is 13.7. The third kappa shape index (κ3) is 4.24. The molecule has 0 unspecified atom stereocenters. The summed E-state index contributed by atoms with van der Waals surface area (Å²) in [5.41, 5.74) is 7.38. The third-order valence-electron chi connectivity index (χ3n) is 8.37. The molecule has 0 bridgehead atoms. The van der Waals surface area contributed by atoms with Gasteiger partial charge in [-0.1, -0.05) is 48.5 Å². The Labute approximate surface area is 252 Å². The number of benzene rings is 5. The largest absolute Gasteiger partial charge is 0.497 e. The van der Waals surface area contributed by atoms with Crippen molar-refractivity contribution in [3.8, 4) is 39.5 Å². The molecule has 7 heteroatoms. The van der Waals surface area contributed by atoms with E-state index in [-0.39, 0.29) is 18.7 Å². The molecule has 0 radical (unpaired) electrons. The maximum atomic E-state index is 13.7. The van der Waals surface area contributed by atoms with Crippen LogP contribution in [0.5, 0.6) is 17.2 Å². The zero-order valence-electron chi connectivity index (χ0n) is 24.2. The average Bonchev–Trinajstić information content (AvgIpc) is 3.06. The van der Waals surface area contributed by atoms with Crippen molar-refractivity contribution in [1.82, 2.24) is 14.5 Å². The zero-order chi connectivity index (χ0) is 29.8. The maximum Gasteiger partial charge on any atom is 0.251 e. The minimum absolute atomic E-state index is 0.136. The second-order valence-electron chi connectivity index (χ2n) is 10.9. The number of hydrogen-bond acceptors (Lipinski definition) is 6. The first-order chi connectivity index (χ1) is 21.6. The molecule has 0 amide bonds. The van der Waals surface area contributed by atoms with Crippen LogP contribution in [-0.4, -0.2) is 28.8 Å². The van der Waals surface area contributed by atoms with E-state index in [0.29, 0.717) is 17.1 Å². The van der Waals surface area contributed by atoms with E-state index in [2.05, 4.69) is 30.3 Å². The van der Waals surface area contributed by atoms with Gasteiger partial charge in [0, 0.05) is 17.0 Å². The Hall–Kier alpha value is -5.69. The summed E-state index contributed by atoms with van der Waals surface area (Å²) in [7, 11) is 3.30. The summed E-state index contributed by atoms with van der Waals surface area (Å²) in [6.07, 6.45) is 0. The Morgan fingerprint density at radius 1 is 0.682 bits per heavy atom. The number of hydrogen-bond donors (Lipinski definition) is 0. The van der Waals surface area contributed by atoms with E-state index in [0.717, 1.165) is 66.5 Å². The summed E-state index contributed by atoms with van der Waals surface area (Å²) in [6, 6.07) is 33.7. The second-order valence-corrected chi connectivity index (χ2v) is 10.9. The van der Waals surface area contributed by atoms with Crippen LogP contribution in [0.1, 0.15) is 11.4 Å². The van der Waals surface area contributed by atoms with Crippen molar-refractivity contribution >= 4 is 32.7 Å². The van der Waals surface area contributed by atoms with Crippen LogP contribution in [-0.2, 0) is 13.2 Å². The van der Waals surface area contributed by atoms with Gasteiger partial charge in [0.05, 0.1) is 43.0 Å². The molecule has 3 heterocycles. The fourth-order valence-electron chi connectivity index (χ4n) is 6.10. The Bertz CT molecular complexity index is 2290. The monoisotopic (exact) mass is 577 g/mol. The predicted octanol–water partition coefficient (Wildman–Crippen LogP) is 7.39. The van der Waals surface area contributed by atoms with Gasteiger partial charge in [0.1, 0.15) is 23.8 Å². The highest BCUT2D eigenvalue weighted by Crippen LogP contribution is 2.44. The van der Waals surface area contributed by atoms with E-state index in [9.17, 15) is 4.79 Å². The van der Waals surface area contributed by atoms with E-state index in [1.165, 1.54) is 0 Å². The fraction of sp³-hybridized carbons (Fsp3) is 0.108. The van der Waals surface area contributed by atoms with E-state index in [4.69, 9.17) is 24.2 Å². The molecule has 5 aromatic carbocycles. The molecule has 0 atom stereocenters. The van der Waals surface area contributed by atoms with Crippen molar-refractivity contribution in [2.24, 2.45) is 0 Å². The first kappa shape index (κ1) is 26.0. The van der Waals surface area contributed by atoms with Crippen molar-refractivity contribution in [3.63, 3.8) is 0 Å². The molecule has 214 valence electrons. The molecule has 1 aliphatic rings. The molecule has 0 spiro atoms. The number of methoxy groups -OCH3 is 2. The fourth-order valence-corrected chi connectivity index (χ4v) is 6.10. The number of ether oxygens (including phenoxy) is 3. The van der Waals surface area contributed by atoms with Crippen molar-refractivity contribution < 1.29 is 14.2 Å². The van der Waals surface area contributed by atoms with Gasteiger partial charge in [-0.3, -0.25) is 9.36 Å². The Morgan fingerprint density at radius 3 is 1.89 bits per heavy atom. The molecule has 0 saturated heterocycles. The van der Waals surface area contributed by atoms with Gasteiger partial charge in [-0.15, -0.1) is 0 Å². The van der Waals surface area contributed by atoms with E-state index >= 15 is 0 Å². The smallest absolute Gasteiger partial charge is 0.251 e. The SMILES string of the molecule is COc1ccc(-c2cc(-c3ccc(OC)cc3)c3ccc(=O)n4c3c2OCc2nc3cc5ccccc5cc3nc2C4)cc1. The van der Waals surface area contributed by atoms with Crippen LogP contribution in [0.25, 0.3) is 55.0 Å². The van der Waals surface area contributed by atoms with Gasteiger partial charge in [-0.2, -0.15) is 0 Å². The lowest BCUT2D eigenvalue weighted by molar-refractivity contribution is 0.300. The van der Waals surface area contributed by atoms with Gasteiger partial charge in [0.25, 0.3) is 5.56 Å². The minimum Gasteiger partial charge on any atom is -0.497 e. The van der Waals surface area contributed by atoms with Gasteiger partial charge in [0.2, 0.25) is 0 Å². The van der Waals surface area contributed by atoms with Crippen molar-refractivity contribution in [2.75, 3.05) is 14.2 Å². The van der Waals surface area contributed by atoms with E-state index < -0.39 is 0 Å². The van der Waals surface area contributed by atoms with Crippen molar-refractivity contribution in [1.29, 1.82) is 0 Å². The Morgan fingerprint density at radius 2 is 1.27 bits per heavy atom. The van der Waals surface area contributed by atoms with Crippen molar-refractivity contribution in [2.45, 2.75) is 13.2 Å². The lowest BCUT2D eigenvalue weighted by Crippen LogP contribution is -2.24. The van der Waals surface area contributed by atoms with Crippen LogP contribution in [0.2, 0.25) is 0 Å². The van der Waals surface area contributed by atoms with Crippen LogP contribution in [0, 0.1) is 0 Å². The highest BCUT2D eigenvalue weighted by atomic mass is 16.5. The Kier molecular flexibility index (Phi) is 6.05. The highest BCUT2D eigenvalue weighted by molar-refractivity contribution is 6.03.